The Hall–Kier alpha value is -2.86. The standard InChI is InChI=1S/C20H23N3O3/c1-14(22(2)12-15-8-4-7-11-18(15)26-3)20(25)23-13-19(24)21-16-9-5-6-10-17(16)23/h4-11,14H,12-13H2,1-3H3,(H,21,24). The molecule has 2 aromatic rings. The number of carbonyl (C=O) groups excluding carboxylic acids is 2. The third-order valence-electron chi connectivity index (χ3n) is 4.67. The second-order valence-electron chi connectivity index (χ2n) is 6.39. The van der Waals surface area contributed by atoms with Crippen LogP contribution in [0.15, 0.2) is 48.5 Å². The smallest absolute Gasteiger partial charge is 0.244 e. The second kappa shape index (κ2) is 7.58. The maximum absolute atomic E-state index is 13.1. The summed E-state index contributed by atoms with van der Waals surface area (Å²) in [5.41, 5.74) is 2.40. The van der Waals surface area contributed by atoms with Crippen LogP contribution in [0.4, 0.5) is 11.4 Å². The van der Waals surface area contributed by atoms with Crippen LogP contribution in [-0.4, -0.2) is 43.5 Å². The van der Waals surface area contributed by atoms with Gasteiger partial charge < -0.3 is 10.1 Å². The molecule has 0 aromatic heterocycles. The number of nitrogens with one attached hydrogen (secondary N) is 1. The first-order valence-corrected chi connectivity index (χ1v) is 8.53. The van der Waals surface area contributed by atoms with Gasteiger partial charge in [-0.1, -0.05) is 30.3 Å². The molecule has 1 unspecified atom stereocenters. The molecule has 1 atom stereocenters. The summed E-state index contributed by atoms with van der Waals surface area (Å²) >= 11 is 0. The molecule has 6 nitrogen and oxygen atoms in total. The number of likely N-dealkylation sites (N-methyl/N-ethyl adjacent to an activating group) is 1. The quantitative estimate of drug-likeness (QED) is 0.897. The third-order valence-corrected chi connectivity index (χ3v) is 4.67. The number of amides is 2. The predicted molar refractivity (Wildman–Crippen MR) is 101 cm³/mol. The van der Waals surface area contributed by atoms with E-state index in [0.29, 0.717) is 12.2 Å². The molecule has 6 heteroatoms. The van der Waals surface area contributed by atoms with E-state index in [1.54, 1.807) is 18.1 Å². The average Bonchev–Trinajstić information content (AvgIpc) is 2.66. The topological polar surface area (TPSA) is 61.9 Å². The van der Waals surface area contributed by atoms with E-state index in [0.717, 1.165) is 17.0 Å². The van der Waals surface area contributed by atoms with Crippen LogP contribution in [0.2, 0.25) is 0 Å². The minimum atomic E-state index is -0.390. The van der Waals surface area contributed by atoms with Gasteiger partial charge in [-0.15, -0.1) is 0 Å². The number of rotatable bonds is 5. The Morgan fingerprint density at radius 2 is 1.92 bits per heavy atom. The second-order valence-corrected chi connectivity index (χ2v) is 6.39. The molecule has 26 heavy (non-hydrogen) atoms. The van der Waals surface area contributed by atoms with Crippen molar-refractivity contribution in [3.63, 3.8) is 0 Å². The van der Waals surface area contributed by atoms with Crippen molar-refractivity contribution in [2.45, 2.75) is 19.5 Å². The first-order chi connectivity index (χ1) is 12.5. The summed E-state index contributed by atoms with van der Waals surface area (Å²) in [6, 6.07) is 14.7. The normalized spacial score (nSPS) is 14.6. The maximum atomic E-state index is 13.1. The molecule has 0 spiro atoms. The average molecular weight is 353 g/mol. The molecule has 0 bridgehead atoms. The van der Waals surface area contributed by atoms with Crippen LogP contribution in [0.3, 0.4) is 0 Å². The summed E-state index contributed by atoms with van der Waals surface area (Å²) in [4.78, 5) is 28.5. The molecule has 1 aliphatic rings. The highest BCUT2D eigenvalue weighted by atomic mass is 16.5. The summed E-state index contributed by atoms with van der Waals surface area (Å²) in [5.74, 6) is 0.503. The van der Waals surface area contributed by atoms with Gasteiger partial charge >= 0.3 is 0 Å². The number of methoxy groups -OCH3 is 1. The maximum Gasteiger partial charge on any atom is 0.244 e. The van der Waals surface area contributed by atoms with Crippen LogP contribution in [0.5, 0.6) is 5.75 Å². The van der Waals surface area contributed by atoms with Crippen LogP contribution in [0.25, 0.3) is 0 Å². The highest BCUT2D eigenvalue weighted by Crippen LogP contribution is 2.30. The van der Waals surface area contributed by atoms with Crippen LogP contribution in [-0.2, 0) is 16.1 Å². The number of benzene rings is 2. The molecule has 0 fully saturated rings. The van der Waals surface area contributed by atoms with E-state index < -0.39 is 0 Å². The molecule has 1 N–H and O–H groups in total. The van der Waals surface area contributed by atoms with Crippen molar-refractivity contribution < 1.29 is 14.3 Å². The first-order valence-electron chi connectivity index (χ1n) is 8.53. The minimum Gasteiger partial charge on any atom is -0.496 e. The molecule has 3 rings (SSSR count). The van der Waals surface area contributed by atoms with Gasteiger partial charge in [0.1, 0.15) is 12.3 Å². The number of nitrogens with zero attached hydrogens (tertiary/aromatic N) is 2. The zero-order chi connectivity index (χ0) is 18.7. The van der Waals surface area contributed by atoms with Crippen molar-refractivity contribution in [3.05, 3.63) is 54.1 Å². The van der Waals surface area contributed by atoms with Gasteiger partial charge in [0.2, 0.25) is 11.8 Å². The van der Waals surface area contributed by atoms with E-state index in [9.17, 15) is 9.59 Å². The van der Waals surface area contributed by atoms with Crippen LogP contribution in [0, 0.1) is 0 Å². The summed E-state index contributed by atoms with van der Waals surface area (Å²) in [7, 11) is 3.53. The Morgan fingerprint density at radius 1 is 1.23 bits per heavy atom. The summed E-state index contributed by atoms with van der Waals surface area (Å²) in [6.07, 6.45) is 0. The van der Waals surface area contributed by atoms with Crippen molar-refractivity contribution in [1.29, 1.82) is 0 Å². The summed E-state index contributed by atoms with van der Waals surface area (Å²) in [5, 5.41) is 2.80. The van der Waals surface area contributed by atoms with Crippen molar-refractivity contribution in [1.82, 2.24) is 4.90 Å². The highest BCUT2D eigenvalue weighted by molar-refractivity contribution is 6.11. The lowest BCUT2D eigenvalue weighted by Gasteiger charge is -2.33. The highest BCUT2D eigenvalue weighted by Gasteiger charge is 2.31. The third kappa shape index (κ3) is 3.55. The van der Waals surface area contributed by atoms with Gasteiger partial charge in [0.05, 0.1) is 24.5 Å². The molecular formula is C20H23N3O3. The number of fused-ring (bicyclic) bond motifs is 1. The Bertz CT molecular complexity index is 821. The van der Waals surface area contributed by atoms with Gasteiger partial charge in [0.15, 0.2) is 0 Å². The molecule has 0 saturated carbocycles. The Labute approximate surface area is 153 Å². The van der Waals surface area contributed by atoms with E-state index >= 15 is 0 Å². The fourth-order valence-electron chi connectivity index (χ4n) is 3.08. The lowest BCUT2D eigenvalue weighted by molar-refractivity contribution is -0.125. The van der Waals surface area contributed by atoms with Gasteiger partial charge in [-0.25, -0.2) is 0 Å². The molecule has 0 saturated heterocycles. The van der Waals surface area contributed by atoms with E-state index in [-0.39, 0.29) is 24.4 Å². The van der Waals surface area contributed by atoms with Crippen LogP contribution < -0.4 is 15.0 Å². The van der Waals surface area contributed by atoms with Crippen molar-refractivity contribution in [3.8, 4) is 5.75 Å². The molecule has 0 radical (unpaired) electrons. The summed E-state index contributed by atoms with van der Waals surface area (Å²) < 4.78 is 5.39. The van der Waals surface area contributed by atoms with Crippen LogP contribution >= 0.6 is 0 Å². The predicted octanol–water partition coefficient (Wildman–Crippen LogP) is 2.50. The number of hydrogen-bond donors (Lipinski definition) is 1. The molecule has 2 aromatic carbocycles. The Balaban J connectivity index is 1.78. The van der Waals surface area contributed by atoms with Gasteiger partial charge in [-0.05, 0) is 32.2 Å². The van der Waals surface area contributed by atoms with Crippen molar-refractivity contribution in [2.24, 2.45) is 0 Å². The van der Waals surface area contributed by atoms with Gasteiger partial charge in [0.25, 0.3) is 0 Å². The van der Waals surface area contributed by atoms with Gasteiger partial charge in [0, 0.05) is 12.1 Å². The molecule has 136 valence electrons. The fourth-order valence-corrected chi connectivity index (χ4v) is 3.08. The Morgan fingerprint density at radius 3 is 2.69 bits per heavy atom. The number of hydrogen-bond acceptors (Lipinski definition) is 4. The number of para-hydroxylation sites is 3. The monoisotopic (exact) mass is 353 g/mol. The Kier molecular flexibility index (Phi) is 5.23. The molecule has 2 amide bonds. The van der Waals surface area contributed by atoms with E-state index in [1.165, 1.54) is 0 Å². The van der Waals surface area contributed by atoms with Crippen molar-refractivity contribution in [2.75, 3.05) is 30.9 Å². The lowest BCUT2D eigenvalue weighted by Crippen LogP contribution is -2.50. The summed E-state index contributed by atoms with van der Waals surface area (Å²) in [6.45, 7) is 2.45. The van der Waals surface area contributed by atoms with E-state index in [1.807, 2.05) is 61.3 Å². The zero-order valence-electron chi connectivity index (χ0n) is 15.2. The van der Waals surface area contributed by atoms with Gasteiger partial charge in [-0.3, -0.25) is 19.4 Å². The SMILES string of the molecule is COc1ccccc1CN(C)C(C)C(=O)N1CC(=O)Nc2ccccc21. The zero-order valence-corrected chi connectivity index (χ0v) is 15.2. The van der Waals surface area contributed by atoms with Crippen LogP contribution in [0.1, 0.15) is 12.5 Å². The van der Waals surface area contributed by atoms with E-state index in [4.69, 9.17) is 4.74 Å². The number of carbonyl (C=O) groups is 2. The molecule has 0 aliphatic carbocycles. The largest absolute Gasteiger partial charge is 0.496 e. The number of anilines is 2. The lowest BCUT2D eigenvalue weighted by atomic mass is 10.1. The molecule has 1 aliphatic heterocycles. The molecular weight excluding hydrogens is 330 g/mol. The van der Waals surface area contributed by atoms with E-state index in [2.05, 4.69) is 5.32 Å². The minimum absolute atomic E-state index is 0.0304. The first kappa shape index (κ1) is 17.9. The van der Waals surface area contributed by atoms with Gasteiger partial charge in [-0.2, -0.15) is 0 Å². The van der Waals surface area contributed by atoms with Crippen molar-refractivity contribution >= 4 is 23.2 Å². The number of ether oxygens (including phenoxy) is 1. The fraction of sp³-hybridized carbons (Fsp3) is 0.300. The molecule has 1 heterocycles.